The quantitative estimate of drug-likeness (QED) is 0.626. The first-order valence-electron chi connectivity index (χ1n) is 7.01. The summed E-state index contributed by atoms with van der Waals surface area (Å²) in [6.07, 6.45) is 0.136. The molecule has 0 aromatic carbocycles. The van der Waals surface area contributed by atoms with E-state index in [1.807, 2.05) is 0 Å². The predicted octanol–water partition coefficient (Wildman–Crippen LogP) is 0.395. The van der Waals surface area contributed by atoms with Crippen LogP contribution in [0.1, 0.15) is 25.6 Å². The minimum atomic E-state index is -0.127. The molecule has 0 unspecified atom stereocenters. The normalized spacial score (nSPS) is 11.0. The Balaban J connectivity index is 2.02. The van der Waals surface area contributed by atoms with Crippen LogP contribution in [0.5, 0.6) is 0 Å². The van der Waals surface area contributed by atoms with Crippen molar-refractivity contribution in [2.75, 3.05) is 39.4 Å². The molecule has 1 heterocycles. The van der Waals surface area contributed by atoms with Crippen molar-refractivity contribution in [3.63, 3.8) is 0 Å². The SMILES string of the molecule is CCN(CC)CCOCCNC(=O)Cc1noc(C)n1. The van der Waals surface area contributed by atoms with Gasteiger partial charge in [-0.3, -0.25) is 4.79 Å². The number of aryl methyl sites for hydroxylation is 1. The number of nitrogens with zero attached hydrogens (tertiary/aromatic N) is 3. The number of aromatic nitrogens is 2. The van der Waals surface area contributed by atoms with E-state index in [1.165, 1.54) is 0 Å². The molecule has 7 heteroatoms. The second-order valence-electron chi connectivity index (χ2n) is 4.40. The molecule has 1 aromatic heterocycles. The fraction of sp³-hybridized carbons (Fsp3) is 0.769. The number of rotatable bonds is 10. The Kier molecular flexibility index (Phi) is 7.82. The Hall–Kier alpha value is -1.47. The van der Waals surface area contributed by atoms with Gasteiger partial charge in [-0.05, 0) is 13.1 Å². The molecule has 0 spiro atoms. The zero-order chi connectivity index (χ0) is 14.8. The summed E-state index contributed by atoms with van der Waals surface area (Å²) in [6.45, 7) is 10.6. The lowest BCUT2D eigenvalue weighted by atomic mass is 10.4. The minimum Gasteiger partial charge on any atom is -0.378 e. The highest BCUT2D eigenvalue weighted by Gasteiger charge is 2.08. The van der Waals surface area contributed by atoms with Gasteiger partial charge >= 0.3 is 0 Å². The molecule has 1 aromatic rings. The maximum absolute atomic E-state index is 11.6. The van der Waals surface area contributed by atoms with E-state index in [-0.39, 0.29) is 12.3 Å². The Bertz CT molecular complexity index is 391. The largest absolute Gasteiger partial charge is 0.378 e. The van der Waals surface area contributed by atoms with Crippen LogP contribution in [0.15, 0.2) is 4.52 Å². The molecular weight excluding hydrogens is 260 g/mol. The highest BCUT2D eigenvalue weighted by atomic mass is 16.5. The maximum Gasteiger partial charge on any atom is 0.227 e. The predicted molar refractivity (Wildman–Crippen MR) is 74.4 cm³/mol. The van der Waals surface area contributed by atoms with E-state index >= 15 is 0 Å². The molecule has 1 N–H and O–H groups in total. The third kappa shape index (κ3) is 6.63. The van der Waals surface area contributed by atoms with Crippen molar-refractivity contribution in [1.82, 2.24) is 20.4 Å². The van der Waals surface area contributed by atoms with E-state index in [1.54, 1.807) is 6.92 Å². The third-order valence-electron chi connectivity index (χ3n) is 2.90. The molecule has 1 amide bonds. The van der Waals surface area contributed by atoms with Gasteiger partial charge in [0.05, 0.1) is 19.6 Å². The van der Waals surface area contributed by atoms with Crippen LogP contribution in [0.2, 0.25) is 0 Å². The first kappa shape index (κ1) is 16.6. The van der Waals surface area contributed by atoms with Crippen LogP contribution in [0.4, 0.5) is 0 Å². The summed E-state index contributed by atoms with van der Waals surface area (Å²) in [5.74, 6) is 0.744. The van der Waals surface area contributed by atoms with Crippen LogP contribution < -0.4 is 5.32 Å². The summed E-state index contributed by atoms with van der Waals surface area (Å²) >= 11 is 0. The molecule has 0 aliphatic carbocycles. The second kappa shape index (κ2) is 9.44. The van der Waals surface area contributed by atoms with Crippen LogP contribution in [0.25, 0.3) is 0 Å². The average molecular weight is 284 g/mol. The van der Waals surface area contributed by atoms with E-state index in [0.29, 0.717) is 31.5 Å². The van der Waals surface area contributed by atoms with E-state index in [2.05, 4.69) is 34.2 Å². The molecule has 0 bridgehead atoms. The number of amides is 1. The van der Waals surface area contributed by atoms with E-state index in [4.69, 9.17) is 9.26 Å². The minimum absolute atomic E-state index is 0.127. The van der Waals surface area contributed by atoms with Crippen molar-refractivity contribution in [1.29, 1.82) is 0 Å². The Morgan fingerprint density at radius 3 is 2.70 bits per heavy atom. The van der Waals surface area contributed by atoms with Gasteiger partial charge in [0.2, 0.25) is 11.8 Å². The second-order valence-corrected chi connectivity index (χ2v) is 4.40. The topological polar surface area (TPSA) is 80.5 Å². The number of carbonyl (C=O) groups excluding carboxylic acids is 1. The third-order valence-corrected chi connectivity index (χ3v) is 2.90. The Labute approximate surface area is 119 Å². The lowest BCUT2D eigenvalue weighted by Crippen LogP contribution is -2.31. The number of likely N-dealkylation sites (N-methyl/N-ethyl adjacent to an activating group) is 1. The van der Waals surface area contributed by atoms with Crippen molar-refractivity contribution < 1.29 is 14.1 Å². The fourth-order valence-corrected chi connectivity index (χ4v) is 1.72. The highest BCUT2D eigenvalue weighted by Crippen LogP contribution is 1.95. The molecule has 114 valence electrons. The summed E-state index contributed by atoms with van der Waals surface area (Å²) in [7, 11) is 0. The fourth-order valence-electron chi connectivity index (χ4n) is 1.72. The van der Waals surface area contributed by atoms with Crippen LogP contribution in [-0.2, 0) is 16.0 Å². The Morgan fingerprint density at radius 2 is 2.10 bits per heavy atom. The molecule has 0 aliphatic heterocycles. The van der Waals surface area contributed by atoms with Gasteiger partial charge in [-0.1, -0.05) is 19.0 Å². The molecule has 0 radical (unpaired) electrons. The lowest BCUT2D eigenvalue weighted by Gasteiger charge is -2.17. The zero-order valence-electron chi connectivity index (χ0n) is 12.5. The van der Waals surface area contributed by atoms with E-state index < -0.39 is 0 Å². The van der Waals surface area contributed by atoms with Crippen LogP contribution in [-0.4, -0.2) is 60.3 Å². The first-order valence-corrected chi connectivity index (χ1v) is 7.01. The van der Waals surface area contributed by atoms with Gasteiger partial charge in [0.1, 0.15) is 0 Å². The van der Waals surface area contributed by atoms with Crippen molar-refractivity contribution in [2.45, 2.75) is 27.2 Å². The zero-order valence-corrected chi connectivity index (χ0v) is 12.5. The van der Waals surface area contributed by atoms with E-state index in [9.17, 15) is 4.79 Å². The van der Waals surface area contributed by atoms with Gasteiger partial charge in [0.25, 0.3) is 0 Å². The van der Waals surface area contributed by atoms with Crippen LogP contribution in [0, 0.1) is 6.92 Å². The number of hydrogen-bond donors (Lipinski definition) is 1. The monoisotopic (exact) mass is 284 g/mol. The molecule has 0 atom stereocenters. The molecule has 0 aliphatic rings. The van der Waals surface area contributed by atoms with Gasteiger partial charge in [0, 0.05) is 20.0 Å². The summed E-state index contributed by atoms with van der Waals surface area (Å²) in [5.41, 5.74) is 0. The lowest BCUT2D eigenvalue weighted by molar-refractivity contribution is -0.120. The van der Waals surface area contributed by atoms with Gasteiger partial charge in [-0.2, -0.15) is 4.98 Å². The van der Waals surface area contributed by atoms with Crippen LogP contribution in [0.3, 0.4) is 0 Å². The molecule has 0 saturated carbocycles. The number of carbonyl (C=O) groups is 1. The molecule has 0 fully saturated rings. The summed E-state index contributed by atoms with van der Waals surface area (Å²) < 4.78 is 10.3. The highest BCUT2D eigenvalue weighted by molar-refractivity contribution is 5.77. The molecule has 0 saturated heterocycles. The van der Waals surface area contributed by atoms with Crippen molar-refractivity contribution in [2.24, 2.45) is 0 Å². The van der Waals surface area contributed by atoms with Crippen molar-refractivity contribution in [3.05, 3.63) is 11.7 Å². The first-order chi connectivity index (χ1) is 9.65. The Morgan fingerprint density at radius 1 is 1.35 bits per heavy atom. The van der Waals surface area contributed by atoms with Crippen molar-refractivity contribution in [3.8, 4) is 0 Å². The van der Waals surface area contributed by atoms with Gasteiger partial charge < -0.3 is 19.5 Å². The maximum atomic E-state index is 11.6. The molecule has 20 heavy (non-hydrogen) atoms. The van der Waals surface area contributed by atoms with Crippen LogP contribution >= 0.6 is 0 Å². The van der Waals surface area contributed by atoms with E-state index in [0.717, 1.165) is 19.6 Å². The number of ether oxygens (including phenoxy) is 1. The molecule has 1 rings (SSSR count). The summed E-state index contributed by atoms with van der Waals surface area (Å²) in [4.78, 5) is 17.8. The number of hydrogen-bond acceptors (Lipinski definition) is 6. The standard InChI is InChI=1S/C13H24N4O3/c1-4-17(5-2)7-9-19-8-6-14-13(18)10-12-15-11(3)20-16-12/h4-10H2,1-3H3,(H,14,18). The molecule has 7 nitrogen and oxygen atoms in total. The van der Waals surface area contributed by atoms with Gasteiger partial charge in [-0.25, -0.2) is 0 Å². The van der Waals surface area contributed by atoms with Crippen molar-refractivity contribution >= 4 is 5.91 Å². The van der Waals surface area contributed by atoms with Gasteiger partial charge in [0.15, 0.2) is 5.82 Å². The van der Waals surface area contributed by atoms with Gasteiger partial charge in [-0.15, -0.1) is 0 Å². The smallest absolute Gasteiger partial charge is 0.227 e. The number of nitrogens with one attached hydrogen (secondary N) is 1. The summed E-state index contributed by atoms with van der Waals surface area (Å²) in [5, 5.41) is 6.43. The molecular formula is C13H24N4O3. The average Bonchev–Trinajstić information content (AvgIpc) is 2.83. The summed E-state index contributed by atoms with van der Waals surface area (Å²) in [6, 6.07) is 0.